The summed E-state index contributed by atoms with van der Waals surface area (Å²) in [6.07, 6.45) is 5.34. The van der Waals surface area contributed by atoms with E-state index in [1.165, 1.54) is 11.8 Å². The zero-order chi connectivity index (χ0) is 29.0. The van der Waals surface area contributed by atoms with Gasteiger partial charge < -0.3 is 8.98 Å². The van der Waals surface area contributed by atoms with Gasteiger partial charge in [0.25, 0.3) is 14.3 Å². The van der Waals surface area contributed by atoms with Crippen LogP contribution in [0.2, 0.25) is 23.2 Å². The topological polar surface area (TPSA) is 87.2 Å². The van der Waals surface area contributed by atoms with Crippen molar-refractivity contribution in [3.63, 3.8) is 0 Å². The minimum atomic E-state index is -2.25. The van der Waals surface area contributed by atoms with Crippen LogP contribution in [0.25, 0.3) is 11.1 Å². The Bertz CT molecular complexity index is 1300. The summed E-state index contributed by atoms with van der Waals surface area (Å²) in [5, 5.41) is 1.15. The molecule has 1 N–H and O–H groups in total. The van der Waals surface area contributed by atoms with Gasteiger partial charge in [0.1, 0.15) is 9.77 Å². The summed E-state index contributed by atoms with van der Waals surface area (Å²) in [5.41, 5.74) is 3.50. The molecule has 3 rings (SSSR count). The van der Waals surface area contributed by atoms with Crippen molar-refractivity contribution in [3.05, 3.63) is 71.1 Å². The van der Waals surface area contributed by atoms with Crippen LogP contribution in [-0.2, 0) is 33.5 Å². The quantitative estimate of drug-likeness (QED) is 0.199. The van der Waals surface area contributed by atoms with Crippen LogP contribution < -0.4 is 4.72 Å². The monoisotopic (exact) mass is 603 g/mol. The number of rotatable bonds is 9. The molecule has 6 nitrogen and oxygen atoms in total. The van der Waals surface area contributed by atoms with Crippen LogP contribution in [0.5, 0.6) is 0 Å². The highest BCUT2D eigenvalue weighted by Gasteiger charge is 2.40. The zero-order valence-electron chi connectivity index (χ0n) is 23.9. The largest absolute Gasteiger partial charge is 0.598 e. The highest BCUT2D eigenvalue weighted by Crippen LogP contribution is 2.40. The molecule has 0 spiro atoms. The SMILES string of the molecule is CC(C)(C)[S+]([O-])NCc1cc(-c2cccnc2)cc(Cl)c1Sc1ncccc1CC(=O)O[Si](C)(C)C(C)(C)C. The fourth-order valence-corrected chi connectivity index (χ4v) is 6.35. The van der Waals surface area contributed by atoms with E-state index in [2.05, 4.69) is 48.6 Å². The summed E-state index contributed by atoms with van der Waals surface area (Å²) >= 11 is 7.01. The molecule has 3 aromatic rings. The van der Waals surface area contributed by atoms with E-state index >= 15 is 0 Å². The van der Waals surface area contributed by atoms with Gasteiger partial charge >= 0.3 is 0 Å². The number of benzene rings is 1. The summed E-state index contributed by atoms with van der Waals surface area (Å²) in [6.45, 7) is 16.6. The predicted octanol–water partition coefficient (Wildman–Crippen LogP) is 7.59. The maximum Gasteiger partial charge on any atom is 0.297 e. The molecule has 2 heterocycles. The number of carbonyl (C=O) groups is 1. The summed E-state index contributed by atoms with van der Waals surface area (Å²) in [7, 11) is -2.25. The number of hydrogen-bond donors (Lipinski definition) is 1. The summed E-state index contributed by atoms with van der Waals surface area (Å²) < 4.78 is 21.5. The Morgan fingerprint density at radius 2 is 1.77 bits per heavy atom. The standard InChI is InChI=1S/C29H38ClN3O3S2Si/c1-28(2,3)38(35)33-19-23-15-22(21-12-9-13-31-18-21)16-24(30)26(23)37-27-20(11-10-14-32-27)17-25(34)36-39(7,8)29(4,5)6/h9-16,18,33H,17,19H2,1-8H3. The Morgan fingerprint density at radius 1 is 1.08 bits per heavy atom. The summed E-state index contributed by atoms with van der Waals surface area (Å²) in [4.78, 5) is 22.6. The number of nitrogens with zero attached hydrogens (tertiary/aromatic N) is 2. The van der Waals surface area contributed by atoms with Gasteiger partial charge in [-0.2, -0.15) is 0 Å². The summed E-state index contributed by atoms with van der Waals surface area (Å²) in [5.74, 6) is -0.253. The first-order valence-corrected chi connectivity index (χ1v) is 18.1. The number of carbonyl (C=O) groups excluding carboxylic acids is 1. The van der Waals surface area contributed by atoms with E-state index in [0.717, 1.165) is 27.1 Å². The molecule has 0 aliphatic rings. The molecule has 0 saturated heterocycles. The maximum atomic E-state index is 13.0. The van der Waals surface area contributed by atoms with Gasteiger partial charge in [-0.15, -0.1) is 4.72 Å². The molecule has 1 aromatic carbocycles. The third-order valence-corrected chi connectivity index (χ3v) is 14.2. The van der Waals surface area contributed by atoms with Crippen molar-refractivity contribution in [3.8, 4) is 11.1 Å². The lowest BCUT2D eigenvalue weighted by Crippen LogP contribution is -2.43. The minimum Gasteiger partial charge on any atom is -0.598 e. The van der Waals surface area contributed by atoms with E-state index in [9.17, 15) is 9.35 Å². The molecule has 0 fully saturated rings. The lowest BCUT2D eigenvalue weighted by Gasteiger charge is -2.35. The Kier molecular flexibility index (Phi) is 10.3. The third-order valence-electron chi connectivity index (χ3n) is 6.62. The van der Waals surface area contributed by atoms with Crippen molar-refractivity contribution in [2.24, 2.45) is 0 Å². The van der Waals surface area contributed by atoms with Crippen LogP contribution >= 0.6 is 23.4 Å². The van der Waals surface area contributed by atoms with Gasteiger partial charge in [-0.3, -0.25) is 9.78 Å². The van der Waals surface area contributed by atoms with Gasteiger partial charge in [-0.25, -0.2) is 4.98 Å². The van der Waals surface area contributed by atoms with Crippen LogP contribution in [0.4, 0.5) is 0 Å². The summed E-state index contributed by atoms with van der Waals surface area (Å²) in [6, 6.07) is 11.5. The fourth-order valence-electron chi connectivity index (χ4n) is 3.33. The molecule has 0 radical (unpaired) electrons. The van der Waals surface area contributed by atoms with Crippen molar-refractivity contribution in [1.82, 2.24) is 14.7 Å². The second-order valence-corrected chi connectivity index (χ2v) is 20.1. The van der Waals surface area contributed by atoms with Crippen molar-refractivity contribution >= 4 is 49.0 Å². The normalized spacial score (nSPS) is 13.3. The number of aromatic nitrogens is 2. The third kappa shape index (κ3) is 8.55. The zero-order valence-corrected chi connectivity index (χ0v) is 27.3. The molecular formula is C29H38ClN3O3S2Si. The number of nitrogens with one attached hydrogen (secondary N) is 1. The van der Waals surface area contributed by atoms with Crippen molar-refractivity contribution in [1.29, 1.82) is 0 Å². The minimum absolute atomic E-state index is 0.0756. The first kappa shape index (κ1) is 31.6. The molecule has 0 aliphatic carbocycles. The van der Waals surface area contributed by atoms with E-state index in [1.54, 1.807) is 18.6 Å². The van der Waals surface area contributed by atoms with Crippen LogP contribution in [0.3, 0.4) is 0 Å². The Morgan fingerprint density at radius 3 is 2.38 bits per heavy atom. The van der Waals surface area contributed by atoms with Crippen LogP contribution in [0, 0.1) is 0 Å². The average Bonchev–Trinajstić information content (AvgIpc) is 2.84. The molecule has 1 unspecified atom stereocenters. The Labute approximate surface area is 246 Å². The van der Waals surface area contributed by atoms with Gasteiger partial charge in [0.2, 0.25) is 0 Å². The fraction of sp³-hybridized carbons (Fsp3) is 0.414. The Balaban J connectivity index is 1.95. The highest BCUT2D eigenvalue weighted by molar-refractivity contribution is 7.99. The van der Waals surface area contributed by atoms with Gasteiger partial charge in [0, 0.05) is 40.4 Å². The lowest BCUT2D eigenvalue weighted by molar-refractivity contribution is -0.134. The molecule has 0 saturated carbocycles. The maximum absolute atomic E-state index is 13.0. The molecular weight excluding hydrogens is 566 g/mol. The van der Waals surface area contributed by atoms with Crippen LogP contribution in [0.1, 0.15) is 52.7 Å². The van der Waals surface area contributed by atoms with E-state index in [0.29, 0.717) is 16.6 Å². The van der Waals surface area contributed by atoms with E-state index < -0.39 is 24.4 Å². The molecule has 0 bridgehead atoms. The van der Waals surface area contributed by atoms with Gasteiger partial charge in [0.05, 0.1) is 18.0 Å². The van der Waals surface area contributed by atoms with Crippen LogP contribution in [-0.4, -0.2) is 33.6 Å². The van der Waals surface area contributed by atoms with E-state index in [1.807, 2.05) is 57.2 Å². The van der Waals surface area contributed by atoms with Crippen molar-refractivity contribution < 1.29 is 13.8 Å². The number of halogens is 1. The average molecular weight is 604 g/mol. The van der Waals surface area contributed by atoms with E-state index in [-0.39, 0.29) is 17.4 Å². The van der Waals surface area contributed by atoms with Crippen LogP contribution in [0.15, 0.2) is 64.9 Å². The molecule has 0 amide bonds. The molecule has 10 heteroatoms. The first-order chi connectivity index (χ1) is 18.1. The smallest absolute Gasteiger partial charge is 0.297 e. The first-order valence-electron chi connectivity index (χ1n) is 12.8. The van der Waals surface area contributed by atoms with E-state index in [4.69, 9.17) is 16.0 Å². The van der Waals surface area contributed by atoms with Gasteiger partial charge in [-0.05, 0) is 79.9 Å². The molecule has 2 aromatic heterocycles. The Hall–Kier alpha value is -1.88. The van der Waals surface area contributed by atoms with Gasteiger partial charge in [-0.1, -0.05) is 56.3 Å². The van der Waals surface area contributed by atoms with Crippen molar-refractivity contribution in [2.75, 3.05) is 0 Å². The lowest BCUT2D eigenvalue weighted by atomic mass is 10.0. The van der Waals surface area contributed by atoms with Gasteiger partial charge in [0.15, 0.2) is 0 Å². The van der Waals surface area contributed by atoms with Crippen molar-refractivity contribution in [2.45, 2.75) is 87.3 Å². The highest BCUT2D eigenvalue weighted by atomic mass is 35.5. The molecule has 1 atom stereocenters. The second-order valence-electron chi connectivity index (χ2n) is 11.9. The number of pyridine rings is 2. The number of hydrogen-bond acceptors (Lipinski definition) is 7. The molecule has 0 aliphatic heterocycles. The predicted molar refractivity (Wildman–Crippen MR) is 165 cm³/mol. The molecule has 210 valence electrons. The molecule has 39 heavy (non-hydrogen) atoms. The second kappa shape index (κ2) is 12.7.